The van der Waals surface area contributed by atoms with Gasteiger partial charge in [-0.2, -0.15) is 0 Å². The van der Waals surface area contributed by atoms with E-state index in [9.17, 15) is 9.90 Å². The summed E-state index contributed by atoms with van der Waals surface area (Å²) in [5, 5.41) is 10.2. The summed E-state index contributed by atoms with van der Waals surface area (Å²) >= 11 is 0. The van der Waals surface area contributed by atoms with Crippen molar-refractivity contribution in [2.45, 2.75) is 26.5 Å². The van der Waals surface area contributed by atoms with Crippen LogP contribution in [0.1, 0.15) is 19.4 Å². The lowest BCUT2D eigenvalue weighted by atomic mass is 10.1. The highest BCUT2D eigenvalue weighted by atomic mass is 16.5. The number of aliphatic hydroxyl groups excluding tert-OH is 1. The molecule has 1 N–H and O–H groups in total. The van der Waals surface area contributed by atoms with Gasteiger partial charge in [0.05, 0.1) is 13.7 Å². The van der Waals surface area contributed by atoms with Crippen LogP contribution in [-0.4, -0.2) is 91.9 Å². The lowest BCUT2D eigenvalue weighted by Crippen LogP contribution is -2.47. The van der Waals surface area contributed by atoms with Crippen molar-refractivity contribution < 1.29 is 19.4 Å². The molecule has 1 saturated heterocycles. The van der Waals surface area contributed by atoms with Gasteiger partial charge in [0.25, 0.3) is 0 Å². The molecule has 1 amide bonds. The Bertz CT molecular complexity index is 607. The van der Waals surface area contributed by atoms with Crippen molar-refractivity contribution in [2.75, 3.05) is 60.0 Å². The van der Waals surface area contributed by atoms with Crippen LogP contribution in [0, 0.1) is 0 Å². The number of amides is 1. The maximum Gasteiger partial charge on any atom is 0.236 e. The summed E-state index contributed by atoms with van der Waals surface area (Å²) in [6, 6.07) is 5.79. The molecule has 0 aromatic heterocycles. The molecule has 1 heterocycles. The van der Waals surface area contributed by atoms with E-state index in [4.69, 9.17) is 9.47 Å². The fourth-order valence-electron chi connectivity index (χ4n) is 3.15. The third kappa shape index (κ3) is 6.37. The molecule has 1 atom stereocenters. The number of methoxy groups -OCH3 is 1. The Morgan fingerprint density at radius 2 is 1.96 bits per heavy atom. The molecule has 7 heteroatoms. The molecule has 1 fully saturated rings. The number of nitrogens with zero attached hydrogens (tertiary/aromatic N) is 3. The molecule has 27 heavy (non-hydrogen) atoms. The molecule has 1 aromatic carbocycles. The Kier molecular flexibility index (Phi) is 8.34. The predicted octanol–water partition coefficient (Wildman–Crippen LogP) is 1.05. The first-order valence-corrected chi connectivity index (χ1v) is 9.63. The molecule has 1 aromatic rings. The van der Waals surface area contributed by atoms with Gasteiger partial charge in [0.15, 0.2) is 11.5 Å². The number of likely N-dealkylation sites (N-methyl/N-ethyl adjacent to an activating group) is 2. The molecule has 0 radical (unpaired) electrons. The zero-order valence-corrected chi connectivity index (χ0v) is 17.0. The van der Waals surface area contributed by atoms with Gasteiger partial charge in [-0.25, -0.2) is 0 Å². The Hall–Kier alpha value is -1.83. The molecule has 152 valence electrons. The molecule has 0 spiro atoms. The highest BCUT2D eigenvalue weighted by Crippen LogP contribution is 2.29. The summed E-state index contributed by atoms with van der Waals surface area (Å²) in [4.78, 5) is 17.9. The minimum absolute atomic E-state index is 0.148. The van der Waals surface area contributed by atoms with E-state index >= 15 is 0 Å². The average molecular weight is 380 g/mol. The van der Waals surface area contributed by atoms with E-state index in [1.54, 1.807) is 12.0 Å². The smallest absolute Gasteiger partial charge is 0.236 e. The average Bonchev–Trinajstić information content (AvgIpc) is 2.67. The quantitative estimate of drug-likeness (QED) is 0.656. The summed E-state index contributed by atoms with van der Waals surface area (Å²) in [6.07, 6.45) is -0.550. The SMILES string of the molecule is CCN(CC)C[C@@H](O)COc1ccc(CN2CCN(C)C(=O)C2)cc1OC. The van der Waals surface area contributed by atoms with Crippen LogP contribution < -0.4 is 9.47 Å². The second-order valence-electron chi connectivity index (χ2n) is 6.96. The van der Waals surface area contributed by atoms with Crippen molar-refractivity contribution in [1.29, 1.82) is 0 Å². The van der Waals surface area contributed by atoms with Crippen LogP contribution >= 0.6 is 0 Å². The normalized spacial score (nSPS) is 16.7. The van der Waals surface area contributed by atoms with E-state index in [0.717, 1.165) is 31.7 Å². The number of carbonyl (C=O) groups excluding carboxylic acids is 1. The molecule has 0 unspecified atom stereocenters. The van der Waals surface area contributed by atoms with Gasteiger partial charge in [0.2, 0.25) is 5.91 Å². The summed E-state index contributed by atoms with van der Waals surface area (Å²) in [5.41, 5.74) is 1.07. The molecule has 1 aliphatic rings. The van der Waals surface area contributed by atoms with Crippen LogP contribution in [-0.2, 0) is 11.3 Å². The molecule has 1 aliphatic heterocycles. The first kappa shape index (κ1) is 21.5. The number of ether oxygens (including phenoxy) is 2. The van der Waals surface area contributed by atoms with Crippen LogP contribution in [0.4, 0.5) is 0 Å². The summed E-state index contributed by atoms with van der Waals surface area (Å²) in [5.74, 6) is 1.41. The number of benzene rings is 1. The number of aliphatic hydroxyl groups is 1. The lowest BCUT2D eigenvalue weighted by molar-refractivity contribution is -0.134. The topological polar surface area (TPSA) is 65.5 Å². The highest BCUT2D eigenvalue weighted by molar-refractivity contribution is 5.78. The number of hydrogen-bond donors (Lipinski definition) is 1. The molecule has 7 nitrogen and oxygen atoms in total. The fraction of sp³-hybridized carbons (Fsp3) is 0.650. The first-order valence-electron chi connectivity index (χ1n) is 9.63. The highest BCUT2D eigenvalue weighted by Gasteiger charge is 2.21. The zero-order valence-electron chi connectivity index (χ0n) is 17.0. The van der Waals surface area contributed by atoms with E-state index in [1.165, 1.54) is 0 Å². The number of piperazine rings is 1. The van der Waals surface area contributed by atoms with Gasteiger partial charge in [-0.15, -0.1) is 0 Å². The predicted molar refractivity (Wildman–Crippen MR) is 105 cm³/mol. The summed E-state index contributed by atoms with van der Waals surface area (Å²) < 4.78 is 11.2. The van der Waals surface area contributed by atoms with Crippen molar-refractivity contribution in [3.8, 4) is 11.5 Å². The van der Waals surface area contributed by atoms with Gasteiger partial charge >= 0.3 is 0 Å². The zero-order chi connectivity index (χ0) is 19.8. The van der Waals surface area contributed by atoms with Crippen LogP contribution in [0.25, 0.3) is 0 Å². The van der Waals surface area contributed by atoms with E-state index < -0.39 is 6.10 Å². The fourth-order valence-corrected chi connectivity index (χ4v) is 3.15. The van der Waals surface area contributed by atoms with Gasteiger partial charge in [0.1, 0.15) is 12.7 Å². The number of rotatable bonds is 10. The standard InChI is InChI=1S/C20H33N3O4/c1-5-22(6-2)13-17(24)15-27-18-8-7-16(11-19(18)26-4)12-23-10-9-21(3)20(25)14-23/h7-8,11,17,24H,5-6,9-10,12-15H2,1-4H3/t17-/m1/s1. The molecule has 0 bridgehead atoms. The van der Waals surface area contributed by atoms with E-state index in [1.807, 2.05) is 25.2 Å². The summed E-state index contributed by atoms with van der Waals surface area (Å²) in [7, 11) is 3.45. The van der Waals surface area contributed by atoms with Gasteiger partial charge < -0.3 is 24.4 Å². The monoisotopic (exact) mass is 379 g/mol. The van der Waals surface area contributed by atoms with Crippen molar-refractivity contribution in [3.05, 3.63) is 23.8 Å². The van der Waals surface area contributed by atoms with Gasteiger partial charge in [0, 0.05) is 33.2 Å². The number of hydrogen-bond acceptors (Lipinski definition) is 6. The van der Waals surface area contributed by atoms with Crippen molar-refractivity contribution >= 4 is 5.91 Å². The van der Waals surface area contributed by atoms with E-state index in [-0.39, 0.29) is 12.5 Å². The van der Waals surface area contributed by atoms with Crippen LogP contribution in [0.5, 0.6) is 11.5 Å². The van der Waals surface area contributed by atoms with Gasteiger partial charge in [-0.05, 0) is 30.8 Å². The first-order chi connectivity index (χ1) is 13.0. The maximum atomic E-state index is 11.9. The molecule has 0 saturated carbocycles. The molecule has 0 aliphatic carbocycles. The summed E-state index contributed by atoms with van der Waals surface area (Å²) in [6.45, 7) is 9.52. The van der Waals surface area contributed by atoms with Crippen molar-refractivity contribution in [3.63, 3.8) is 0 Å². The Morgan fingerprint density at radius 1 is 1.22 bits per heavy atom. The molecular weight excluding hydrogens is 346 g/mol. The van der Waals surface area contributed by atoms with Crippen LogP contribution in [0.3, 0.4) is 0 Å². The van der Waals surface area contributed by atoms with E-state index in [2.05, 4.69) is 23.6 Å². The number of carbonyl (C=O) groups is 1. The second kappa shape index (κ2) is 10.5. The Morgan fingerprint density at radius 3 is 2.59 bits per heavy atom. The van der Waals surface area contributed by atoms with Crippen LogP contribution in [0.15, 0.2) is 18.2 Å². The van der Waals surface area contributed by atoms with Crippen molar-refractivity contribution in [2.24, 2.45) is 0 Å². The third-order valence-corrected chi connectivity index (χ3v) is 4.97. The Labute approximate surface area is 162 Å². The Balaban J connectivity index is 1.92. The molecular formula is C20H33N3O4. The maximum absolute atomic E-state index is 11.9. The largest absolute Gasteiger partial charge is 0.493 e. The van der Waals surface area contributed by atoms with E-state index in [0.29, 0.717) is 31.1 Å². The lowest BCUT2D eigenvalue weighted by Gasteiger charge is -2.32. The molecule has 2 rings (SSSR count). The van der Waals surface area contributed by atoms with Crippen LogP contribution in [0.2, 0.25) is 0 Å². The minimum Gasteiger partial charge on any atom is -0.493 e. The van der Waals surface area contributed by atoms with Gasteiger partial charge in [-0.1, -0.05) is 19.9 Å². The van der Waals surface area contributed by atoms with Crippen molar-refractivity contribution in [1.82, 2.24) is 14.7 Å². The van der Waals surface area contributed by atoms with Gasteiger partial charge in [-0.3, -0.25) is 9.69 Å². The minimum atomic E-state index is -0.550. The third-order valence-electron chi connectivity index (χ3n) is 4.97. The second-order valence-corrected chi connectivity index (χ2v) is 6.96.